The fourth-order valence-electron chi connectivity index (χ4n) is 2.49. The lowest BCUT2D eigenvalue weighted by atomic mass is 10.2. The van der Waals surface area contributed by atoms with Crippen LogP contribution >= 0.6 is 11.6 Å². The molecule has 1 aliphatic rings. The lowest BCUT2D eigenvalue weighted by molar-refractivity contribution is 0.188. The van der Waals surface area contributed by atoms with Gasteiger partial charge in [-0.15, -0.1) is 0 Å². The van der Waals surface area contributed by atoms with E-state index < -0.39 is 22.2 Å². The highest BCUT2D eigenvalue weighted by molar-refractivity contribution is 7.89. The first-order chi connectivity index (χ1) is 10.8. The third-order valence-electron chi connectivity index (χ3n) is 3.50. The van der Waals surface area contributed by atoms with Crippen LogP contribution < -0.4 is 5.73 Å². The summed E-state index contributed by atoms with van der Waals surface area (Å²) in [6, 6.07) is 0.453. The molecule has 0 amide bonds. The van der Waals surface area contributed by atoms with E-state index in [2.05, 4.69) is 15.1 Å². The summed E-state index contributed by atoms with van der Waals surface area (Å²) < 4.78 is 31.9. The lowest BCUT2D eigenvalue weighted by Gasteiger charge is -2.21. The average molecular weight is 360 g/mol. The van der Waals surface area contributed by atoms with Crippen LogP contribution in [0.3, 0.4) is 0 Å². The fraction of sp³-hybridized carbons (Fsp3) is 0.417. The van der Waals surface area contributed by atoms with Gasteiger partial charge in [0.1, 0.15) is 16.8 Å². The topological polar surface area (TPSA) is 135 Å². The van der Waals surface area contributed by atoms with Crippen LogP contribution in [0.4, 0.5) is 5.82 Å². The molecule has 1 aliphatic heterocycles. The molecule has 3 rings (SSSR count). The van der Waals surface area contributed by atoms with Crippen molar-refractivity contribution in [3.63, 3.8) is 0 Å². The largest absolute Gasteiger partial charge is 0.392 e. The Morgan fingerprint density at radius 1 is 1.52 bits per heavy atom. The molecule has 1 fully saturated rings. The molecule has 11 heteroatoms. The second-order valence-corrected chi connectivity index (χ2v) is 7.49. The maximum absolute atomic E-state index is 12.9. The summed E-state index contributed by atoms with van der Waals surface area (Å²) in [5.41, 5.74) is 5.68. The van der Waals surface area contributed by atoms with Crippen LogP contribution in [-0.4, -0.2) is 45.6 Å². The molecule has 0 aromatic carbocycles. The van der Waals surface area contributed by atoms with Crippen LogP contribution in [0.5, 0.6) is 0 Å². The van der Waals surface area contributed by atoms with Crippen molar-refractivity contribution in [2.24, 2.45) is 0 Å². The number of nitrogen functional groups attached to an aromatic ring is 1. The number of aromatic nitrogens is 3. The molecule has 0 bridgehead atoms. The van der Waals surface area contributed by atoms with Crippen molar-refractivity contribution in [3.05, 3.63) is 29.0 Å². The van der Waals surface area contributed by atoms with Gasteiger partial charge in [-0.1, -0.05) is 16.8 Å². The van der Waals surface area contributed by atoms with Gasteiger partial charge in [0.2, 0.25) is 15.9 Å². The summed E-state index contributed by atoms with van der Waals surface area (Å²) >= 11 is 5.82. The monoisotopic (exact) mass is 359 g/mol. The molecule has 3 N–H and O–H groups in total. The van der Waals surface area contributed by atoms with Gasteiger partial charge in [-0.25, -0.2) is 13.4 Å². The van der Waals surface area contributed by atoms with Crippen molar-refractivity contribution in [2.45, 2.75) is 30.4 Å². The van der Waals surface area contributed by atoms with Gasteiger partial charge in [-0.3, -0.25) is 0 Å². The van der Waals surface area contributed by atoms with Gasteiger partial charge in [0, 0.05) is 19.2 Å². The molecule has 0 spiro atoms. The van der Waals surface area contributed by atoms with Gasteiger partial charge in [-0.2, -0.15) is 9.29 Å². The molecule has 23 heavy (non-hydrogen) atoms. The SMILES string of the molecule is Cc1noc([C@H]2C[C@H](O)CN2S(=O)(=O)c2cc(Cl)cnc2N)n1. The van der Waals surface area contributed by atoms with Crippen LogP contribution in [0.1, 0.15) is 24.2 Å². The molecule has 1 saturated heterocycles. The van der Waals surface area contributed by atoms with Gasteiger partial charge >= 0.3 is 0 Å². The number of nitrogens with zero attached hydrogens (tertiary/aromatic N) is 4. The number of halogens is 1. The minimum atomic E-state index is -4.04. The second-order valence-electron chi connectivity index (χ2n) is 5.20. The third-order valence-corrected chi connectivity index (χ3v) is 5.61. The molecule has 0 radical (unpaired) electrons. The lowest BCUT2D eigenvalue weighted by Crippen LogP contribution is -2.32. The molecular weight excluding hydrogens is 346 g/mol. The summed E-state index contributed by atoms with van der Waals surface area (Å²) in [6.45, 7) is 1.51. The van der Waals surface area contributed by atoms with Crippen LogP contribution in [0.15, 0.2) is 21.7 Å². The third kappa shape index (κ3) is 2.90. The Bertz CT molecular complexity index is 840. The molecule has 9 nitrogen and oxygen atoms in total. The number of hydrogen-bond donors (Lipinski definition) is 2. The second kappa shape index (κ2) is 5.71. The molecule has 2 atom stereocenters. The van der Waals surface area contributed by atoms with Crippen LogP contribution in [-0.2, 0) is 10.0 Å². The zero-order valence-electron chi connectivity index (χ0n) is 12.0. The first-order valence-electron chi connectivity index (χ1n) is 6.70. The van der Waals surface area contributed by atoms with Gasteiger partial charge in [-0.05, 0) is 13.0 Å². The van der Waals surface area contributed by atoms with E-state index in [9.17, 15) is 13.5 Å². The number of pyridine rings is 1. The maximum Gasteiger partial charge on any atom is 0.247 e. The van der Waals surface area contributed by atoms with Crippen LogP contribution in [0.25, 0.3) is 0 Å². The predicted octanol–water partition coefficient (Wildman–Crippen LogP) is 0.505. The Labute approximate surface area is 137 Å². The Hall–Kier alpha value is -1.75. The maximum atomic E-state index is 12.9. The van der Waals surface area contributed by atoms with E-state index in [1.807, 2.05) is 0 Å². The smallest absolute Gasteiger partial charge is 0.247 e. The minimum Gasteiger partial charge on any atom is -0.392 e. The van der Waals surface area contributed by atoms with E-state index in [-0.39, 0.29) is 34.6 Å². The highest BCUT2D eigenvalue weighted by atomic mass is 35.5. The number of aliphatic hydroxyl groups excluding tert-OH is 1. The van der Waals surface area contributed by atoms with Crippen molar-refractivity contribution in [2.75, 3.05) is 12.3 Å². The number of aryl methyl sites for hydroxylation is 1. The number of hydrogen-bond acceptors (Lipinski definition) is 8. The van der Waals surface area contributed by atoms with Crippen molar-refractivity contribution < 1.29 is 18.0 Å². The van der Waals surface area contributed by atoms with E-state index in [1.54, 1.807) is 6.92 Å². The number of β-amino-alcohol motifs (C(OH)–C–C–N with tert-alkyl or cyclic N) is 1. The van der Waals surface area contributed by atoms with E-state index >= 15 is 0 Å². The summed E-state index contributed by atoms with van der Waals surface area (Å²) in [6.07, 6.45) is 0.554. The number of sulfonamides is 1. The molecule has 124 valence electrons. The normalized spacial score (nSPS) is 22.6. The zero-order valence-corrected chi connectivity index (χ0v) is 13.6. The summed E-state index contributed by atoms with van der Waals surface area (Å²) in [7, 11) is -4.04. The number of rotatable bonds is 3. The summed E-state index contributed by atoms with van der Waals surface area (Å²) in [5.74, 6) is 0.329. The minimum absolute atomic E-state index is 0.111. The Kier molecular flexibility index (Phi) is 4.00. The fourth-order valence-corrected chi connectivity index (χ4v) is 4.43. The van der Waals surface area contributed by atoms with E-state index in [0.717, 1.165) is 4.31 Å². The van der Waals surface area contributed by atoms with E-state index in [4.69, 9.17) is 21.9 Å². The summed E-state index contributed by atoms with van der Waals surface area (Å²) in [5, 5.41) is 13.7. The zero-order chi connectivity index (χ0) is 16.8. The molecule has 2 aromatic rings. The van der Waals surface area contributed by atoms with E-state index in [1.165, 1.54) is 12.3 Å². The van der Waals surface area contributed by atoms with Gasteiger partial charge in [0.25, 0.3) is 0 Å². The number of anilines is 1. The molecule has 0 saturated carbocycles. The molecule has 3 heterocycles. The Morgan fingerprint density at radius 3 is 2.91 bits per heavy atom. The average Bonchev–Trinajstić information content (AvgIpc) is 3.07. The first kappa shape index (κ1) is 16.1. The molecular formula is C12H14ClN5O4S. The van der Waals surface area contributed by atoms with Gasteiger partial charge < -0.3 is 15.4 Å². The summed E-state index contributed by atoms with van der Waals surface area (Å²) in [4.78, 5) is 7.60. The number of nitrogens with two attached hydrogens (primary N) is 1. The highest BCUT2D eigenvalue weighted by Gasteiger charge is 2.44. The molecule has 0 unspecified atom stereocenters. The molecule has 2 aromatic heterocycles. The van der Waals surface area contributed by atoms with Gasteiger partial charge in [0.15, 0.2) is 5.82 Å². The van der Waals surface area contributed by atoms with Crippen molar-refractivity contribution in [3.8, 4) is 0 Å². The van der Waals surface area contributed by atoms with Gasteiger partial charge in [0.05, 0.1) is 11.1 Å². The van der Waals surface area contributed by atoms with Crippen molar-refractivity contribution >= 4 is 27.4 Å². The highest BCUT2D eigenvalue weighted by Crippen LogP contribution is 2.37. The van der Waals surface area contributed by atoms with E-state index in [0.29, 0.717) is 5.82 Å². The molecule has 0 aliphatic carbocycles. The van der Waals surface area contributed by atoms with Crippen molar-refractivity contribution in [1.82, 2.24) is 19.4 Å². The number of aliphatic hydroxyl groups is 1. The van der Waals surface area contributed by atoms with Crippen LogP contribution in [0.2, 0.25) is 5.02 Å². The Morgan fingerprint density at radius 2 is 2.26 bits per heavy atom. The van der Waals surface area contributed by atoms with Crippen LogP contribution in [0, 0.1) is 6.92 Å². The Balaban J connectivity index is 2.05. The standard InChI is InChI=1S/C12H14ClN5O4S/c1-6-16-12(22-17-6)9-3-8(19)5-18(9)23(20,21)10-2-7(13)4-15-11(10)14/h2,4,8-9,19H,3,5H2,1H3,(H2,14,15)/t8-,9+/m0/s1. The first-order valence-corrected chi connectivity index (χ1v) is 8.52. The quantitative estimate of drug-likeness (QED) is 0.808. The van der Waals surface area contributed by atoms with Crippen molar-refractivity contribution in [1.29, 1.82) is 0 Å². The predicted molar refractivity (Wildman–Crippen MR) is 80.0 cm³/mol.